The summed E-state index contributed by atoms with van der Waals surface area (Å²) in [6.07, 6.45) is 3.44. The summed E-state index contributed by atoms with van der Waals surface area (Å²) in [5, 5.41) is 0. The maximum absolute atomic E-state index is 13.3. The fraction of sp³-hybridized carbons (Fsp3) is 0.542. The molecule has 0 N–H and O–H groups in total. The van der Waals surface area contributed by atoms with Crippen LogP contribution in [0.5, 0.6) is 0 Å². The number of nitrogens with zero attached hydrogens (tertiary/aromatic N) is 5. The van der Waals surface area contributed by atoms with Crippen molar-refractivity contribution in [3.8, 4) is 0 Å². The molecule has 8 nitrogen and oxygen atoms in total. The Morgan fingerprint density at radius 2 is 1.88 bits per heavy atom. The van der Waals surface area contributed by atoms with Gasteiger partial charge in [0.05, 0.1) is 13.2 Å². The average molecular weight is 440 g/mol. The van der Waals surface area contributed by atoms with Gasteiger partial charge in [-0.25, -0.2) is 4.79 Å². The summed E-state index contributed by atoms with van der Waals surface area (Å²) in [6.45, 7) is 8.87. The molecule has 0 saturated carbocycles. The molecule has 0 amide bonds. The summed E-state index contributed by atoms with van der Waals surface area (Å²) in [7, 11) is 1.68. The summed E-state index contributed by atoms with van der Waals surface area (Å²) in [4.78, 5) is 33.1. The van der Waals surface area contributed by atoms with Gasteiger partial charge in [0.2, 0.25) is 5.95 Å². The third kappa shape index (κ3) is 3.99. The molecule has 1 atom stereocenters. The molecule has 32 heavy (non-hydrogen) atoms. The Morgan fingerprint density at radius 3 is 2.56 bits per heavy atom. The first-order valence-corrected chi connectivity index (χ1v) is 11.6. The van der Waals surface area contributed by atoms with Crippen LogP contribution in [-0.4, -0.2) is 38.4 Å². The number of aryl methyl sites for hydroxylation is 2. The lowest BCUT2D eigenvalue weighted by Gasteiger charge is -2.33. The molecule has 1 aliphatic heterocycles. The molecular weight excluding hydrogens is 406 g/mol. The van der Waals surface area contributed by atoms with Crippen molar-refractivity contribution in [2.45, 2.75) is 53.1 Å². The molecular formula is C24H33N5O3. The van der Waals surface area contributed by atoms with E-state index in [2.05, 4.69) is 43.0 Å². The summed E-state index contributed by atoms with van der Waals surface area (Å²) < 4.78 is 10.1. The maximum atomic E-state index is 13.3. The summed E-state index contributed by atoms with van der Waals surface area (Å²) >= 11 is 0. The number of anilines is 2. The van der Waals surface area contributed by atoms with E-state index in [0.29, 0.717) is 42.8 Å². The van der Waals surface area contributed by atoms with Gasteiger partial charge < -0.3 is 14.2 Å². The zero-order chi connectivity index (χ0) is 22.8. The molecule has 0 unspecified atom stereocenters. The van der Waals surface area contributed by atoms with E-state index in [-0.39, 0.29) is 17.8 Å². The molecule has 2 aromatic heterocycles. The summed E-state index contributed by atoms with van der Waals surface area (Å²) in [6, 6.07) is 8.61. The number of benzene rings is 1. The van der Waals surface area contributed by atoms with Crippen LogP contribution in [0, 0.1) is 5.92 Å². The van der Waals surface area contributed by atoms with Crippen molar-refractivity contribution in [3.05, 3.63) is 50.7 Å². The van der Waals surface area contributed by atoms with Gasteiger partial charge in [0.15, 0.2) is 11.2 Å². The van der Waals surface area contributed by atoms with Crippen molar-refractivity contribution in [2.24, 2.45) is 13.0 Å². The van der Waals surface area contributed by atoms with E-state index in [1.807, 2.05) is 11.5 Å². The van der Waals surface area contributed by atoms with Crippen LogP contribution in [0.15, 0.2) is 33.9 Å². The van der Waals surface area contributed by atoms with Crippen molar-refractivity contribution >= 4 is 22.8 Å². The van der Waals surface area contributed by atoms with Gasteiger partial charge in [0.1, 0.15) is 0 Å². The predicted octanol–water partition coefficient (Wildman–Crippen LogP) is 3.06. The molecule has 3 heterocycles. The Labute approximate surface area is 188 Å². The van der Waals surface area contributed by atoms with Gasteiger partial charge in [-0.1, -0.05) is 32.4 Å². The van der Waals surface area contributed by atoms with Gasteiger partial charge >= 0.3 is 5.69 Å². The van der Waals surface area contributed by atoms with Gasteiger partial charge in [0.25, 0.3) is 5.56 Å². The number of imidazole rings is 1. The Morgan fingerprint density at radius 1 is 1.12 bits per heavy atom. The second-order valence-electron chi connectivity index (χ2n) is 8.68. The minimum Gasteiger partial charge on any atom is -0.380 e. The van der Waals surface area contributed by atoms with Crippen molar-refractivity contribution in [3.63, 3.8) is 0 Å². The SMILES string of the molecule is CCCCc1ccc(N2C[C@@H](C)Cn3c2nc2c3c(=O)n(CCOCC)c(=O)n2C)cc1. The largest absolute Gasteiger partial charge is 0.380 e. The summed E-state index contributed by atoms with van der Waals surface area (Å²) in [5.74, 6) is 1.04. The Kier molecular flexibility index (Phi) is 6.50. The van der Waals surface area contributed by atoms with E-state index in [4.69, 9.17) is 9.72 Å². The normalized spacial score (nSPS) is 16.0. The van der Waals surface area contributed by atoms with Crippen molar-refractivity contribution in [1.29, 1.82) is 0 Å². The van der Waals surface area contributed by atoms with Crippen LogP contribution in [-0.2, 0) is 31.3 Å². The van der Waals surface area contributed by atoms with Crippen LogP contribution < -0.4 is 16.1 Å². The highest BCUT2D eigenvalue weighted by Gasteiger charge is 2.29. The van der Waals surface area contributed by atoms with E-state index in [1.165, 1.54) is 27.5 Å². The quantitative estimate of drug-likeness (QED) is 0.505. The molecule has 0 aliphatic carbocycles. The van der Waals surface area contributed by atoms with Gasteiger partial charge in [-0.2, -0.15) is 4.98 Å². The molecule has 1 aliphatic rings. The van der Waals surface area contributed by atoms with Crippen LogP contribution in [0.1, 0.15) is 39.2 Å². The number of rotatable bonds is 8. The molecule has 172 valence electrons. The Bertz CT molecular complexity index is 1210. The van der Waals surface area contributed by atoms with Crippen molar-refractivity contribution in [1.82, 2.24) is 18.7 Å². The van der Waals surface area contributed by atoms with Gasteiger partial charge in [-0.15, -0.1) is 0 Å². The first kappa shape index (κ1) is 22.3. The third-order valence-electron chi connectivity index (χ3n) is 6.17. The van der Waals surface area contributed by atoms with Crippen LogP contribution in [0.3, 0.4) is 0 Å². The van der Waals surface area contributed by atoms with Gasteiger partial charge in [0, 0.05) is 32.4 Å². The number of hydrogen-bond acceptors (Lipinski definition) is 5. The number of unbranched alkanes of at least 4 members (excludes halogenated alkanes) is 1. The highest BCUT2D eigenvalue weighted by atomic mass is 16.5. The molecule has 3 aromatic rings. The fourth-order valence-corrected chi connectivity index (χ4v) is 4.44. The van der Waals surface area contributed by atoms with Crippen LogP contribution in [0.25, 0.3) is 11.2 Å². The number of fused-ring (bicyclic) bond motifs is 3. The molecule has 0 radical (unpaired) electrons. The molecule has 8 heteroatoms. The third-order valence-corrected chi connectivity index (χ3v) is 6.17. The smallest absolute Gasteiger partial charge is 0.332 e. The van der Waals surface area contributed by atoms with E-state index in [9.17, 15) is 9.59 Å². The van der Waals surface area contributed by atoms with Gasteiger partial charge in [-0.3, -0.25) is 13.9 Å². The predicted molar refractivity (Wildman–Crippen MR) is 127 cm³/mol. The number of ether oxygens (including phenoxy) is 1. The van der Waals surface area contributed by atoms with Crippen molar-refractivity contribution in [2.75, 3.05) is 24.7 Å². The molecule has 1 aromatic carbocycles. The van der Waals surface area contributed by atoms with E-state index in [0.717, 1.165) is 18.7 Å². The number of aromatic nitrogens is 4. The second kappa shape index (κ2) is 9.32. The fourth-order valence-electron chi connectivity index (χ4n) is 4.44. The lowest BCUT2D eigenvalue weighted by atomic mass is 10.1. The monoisotopic (exact) mass is 439 g/mol. The topological polar surface area (TPSA) is 74.3 Å². The minimum absolute atomic E-state index is 0.230. The zero-order valence-corrected chi connectivity index (χ0v) is 19.5. The molecule has 0 saturated heterocycles. The zero-order valence-electron chi connectivity index (χ0n) is 19.5. The van der Waals surface area contributed by atoms with Crippen LogP contribution >= 0.6 is 0 Å². The highest BCUT2D eigenvalue weighted by Crippen LogP contribution is 2.33. The van der Waals surface area contributed by atoms with Crippen LogP contribution in [0.2, 0.25) is 0 Å². The average Bonchev–Trinajstić information content (AvgIpc) is 3.18. The first-order valence-electron chi connectivity index (χ1n) is 11.6. The maximum Gasteiger partial charge on any atom is 0.332 e. The summed E-state index contributed by atoms with van der Waals surface area (Å²) in [5.41, 5.74) is 2.63. The lowest BCUT2D eigenvalue weighted by Crippen LogP contribution is -2.41. The first-order chi connectivity index (χ1) is 15.5. The molecule has 0 bridgehead atoms. The Balaban J connectivity index is 1.80. The molecule has 4 rings (SSSR count). The van der Waals surface area contributed by atoms with Crippen LogP contribution in [0.4, 0.5) is 11.6 Å². The minimum atomic E-state index is -0.363. The van der Waals surface area contributed by atoms with E-state index >= 15 is 0 Å². The molecule has 0 spiro atoms. The lowest BCUT2D eigenvalue weighted by molar-refractivity contribution is 0.137. The van der Waals surface area contributed by atoms with Crippen molar-refractivity contribution < 1.29 is 4.74 Å². The standard InChI is InChI=1S/C24H33N5O3/c1-5-7-8-18-9-11-19(12-10-18)28-15-17(3)16-29-20-21(25-23(28)29)26(4)24(31)27(22(20)30)13-14-32-6-2/h9-12,17H,5-8,13-16H2,1-4H3/t17-/m1/s1. The number of hydrogen-bond donors (Lipinski definition) is 0. The van der Waals surface area contributed by atoms with E-state index in [1.54, 1.807) is 7.05 Å². The highest BCUT2D eigenvalue weighted by molar-refractivity contribution is 5.77. The molecule has 0 fully saturated rings. The Hall–Kier alpha value is -2.87. The second-order valence-corrected chi connectivity index (χ2v) is 8.68. The van der Waals surface area contributed by atoms with E-state index < -0.39 is 0 Å². The van der Waals surface area contributed by atoms with Gasteiger partial charge in [-0.05, 0) is 43.4 Å².